The largest absolute Gasteiger partial charge is 0.496 e. The third-order valence-corrected chi connectivity index (χ3v) is 9.76. The number of nitrogens with one attached hydrogen (secondary N) is 1. The van der Waals surface area contributed by atoms with Gasteiger partial charge in [-0.05, 0) is 57.9 Å². The molecule has 0 atom stereocenters. The van der Waals surface area contributed by atoms with Crippen LogP contribution in [0.15, 0.2) is 29.3 Å². The van der Waals surface area contributed by atoms with Gasteiger partial charge >= 0.3 is 5.95 Å². The van der Waals surface area contributed by atoms with E-state index >= 15 is 0 Å². The van der Waals surface area contributed by atoms with E-state index in [0.717, 1.165) is 27.4 Å². The zero-order valence-electron chi connectivity index (χ0n) is 22.4. The van der Waals surface area contributed by atoms with E-state index in [1.54, 1.807) is 23.8 Å². The number of aromatic nitrogens is 3. The van der Waals surface area contributed by atoms with Crippen LogP contribution in [0.5, 0.6) is 5.75 Å². The van der Waals surface area contributed by atoms with Crippen molar-refractivity contribution in [1.29, 1.82) is 0 Å². The molecular weight excluding hydrogens is 569 g/mol. The van der Waals surface area contributed by atoms with E-state index in [9.17, 15) is 26.7 Å². The number of ether oxygens (including phenoxy) is 1. The lowest BCUT2D eigenvalue weighted by atomic mass is 9.80. The van der Waals surface area contributed by atoms with Crippen LogP contribution in [0.4, 0.5) is 22.0 Å². The number of hydrogen-bond acceptors (Lipinski definition) is 5. The highest BCUT2D eigenvalue weighted by molar-refractivity contribution is 8.76. The smallest absolute Gasteiger partial charge is 0.402 e. The van der Waals surface area contributed by atoms with Crippen molar-refractivity contribution in [2.75, 3.05) is 7.11 Å². The Kier molecular flexibility index (Phi) is 6.93. The van der Waals surface area contributed by atoms with Gasteiger partial charge in [0, 0.05) is 22.5 Å². The molecular formula is C28H25F5N3O2S2+. The Labute approximate surface area is 234 Å². The van der Waals surface area contributed by atoms with Crippen molar-refractivity contribution >= 4 is 38.4 Å². The Hall–Kier alpha value is -3.12. The van der Waals surface area contributed by atoms with Crippen molar-refractivity contribution in [2.45, 2.75) is 56.1 Å². The number of carbonyl (C=O) groups excluding carboxylic acids is 1. The fraction of sp³-hybridized carbons (Fsp3) is 0.321. The van der Waals surface area contributed by atoms with Gasteiger partial charge in [-0.1, -0.05) is 26.6 Å². The summed E-state index contributed by atoms with van der Waals surface area (Å²) >= 11 is 0. The molecule has 5 nitrogen and oxygen atoms in total. The first-order chi connectivity index (χ1) is 18.7. The maximum absolute atomic E-state index is 14.2. The number of nitrogens with zero attached hydrogens (tertiary/aromatic N) is 2. The molecule has 40 heavy (non-hydrogen) atoms. The Morgan fingerprint density at radius 1 is 0.950 bits per heavy atom. The van der Waals surface area contributed by atoms with Crippen molar-refractivity contribution in [3.8, 4) is 11.7 Å². The number of Topliss-reactive ketones (excluding diaryl/α,β-unsaturated/α-hetero) is 1. The van der Waals surface area contributed by atoms with Crippen molar-refractivity contribution in [1.82, 2.24) is 9.97 Å². The van der Waals surface area contributed by atoms with E-state index in [1.165, 1.54) is 7.11 Å². The van der Waals surface area contributed by atoms with Gasteiger partial charge in [-0.3, -0.25) is 4.79 Å². The van der Waals surface area contributed by atoms with Gasteiger partial charge in [-0.25, -0.2) is 31.5 Å². The van der Waals surface area contributed by atoms with E-state index in [1.807, 2.05) is 39.8 Å². The van der Waals surface area contributed by atoms with Gasteiger partial charge in [0.05, 0.1) is 24.0 Å². The molecule has 1 N–H and O–H groups in total. The van der Waals surface area contributed by atoms with Crippen LogP contribution in [0.3, 0.4) is 0 Å². The molecule has 210 valence electrons. The van der Waals surface area contributed by atoms with Crippen molar-refractivity contribution in [3.05, 3.63) is 75.9 Å². The van der Waals surface area contributed by atoms with Crippen LogP contribution in [0.25, 0.3) is 17.0 Å². The van der Waals surface area contributed by atoms with Gasteiger partial charge in [0.15, 0.2) is 34.6 Å². The summed E-state index contributed by atoms with van der Waals surface area (Å²) in [6.45, 7) is 9.42. The van der Waals surface area contributed by atoms with Crippen LogP contribution in [0.2, 0.25) is 0 Å². The van der Waals surface area contributed by atoms with Gasteiger partial charge in [-0.15, -0.1) is 0 Å². The van der Waals surface area contributed by atoms with Crippen LogP contribution in [0.1, 0.15) is 50.1 Å². The van der Waals surface area contributed by atoms with Crippen molar-refractivity contribution < 1.29 is 36.1 Å². The molecule has 1 aliphatic rings. The molecule has 0 radical (unpaired) electrons. The van der Waals surface area contributed by atoms with Crippen LogP contribution in [0, 0.1) is 36.0 Å². The van der Waals surface area contributed by atoms with Crippen LogP contribution >= 0.6 is 21.6 Å². The van der Waals surface area contributed by atoms with E-state index in [-0.39, 0.29) is 11.5 Å². The minimum Gasteiger partial charge on any atom is -0.496 e. The lowest BCUT2D eigenvalue weighted by molar-refractivity contribution is -0.610. The average Bonchev–Trinajstić information content (AvgIpc) is 3.39. The maximum Gasteiger partial charge on any atom is 0.402 e. The summed E-state index contributed by atoms with van der Waals surface area (Å²) in [6, 6.07) is 5.60. The number of carbonyl (C=O) groups is 1. The van der Waals surface area contributed by atoms with Gasteiger partial charge in [0.2, 0.25) is 5.82 Å². The number of fused-ring (bicyclic) bond motifs is 2. The molecule has 0 unspecified atom stereocenters. The second-order valence-electron chi connectivity index (χ2n) is 10.6. The number of hydrogen-bond donors (Lipinski definition) is 1. The van der Waals surface area contributed by atoms with E-state index in [2.05, 4.69) is 4.98 Å². The molecule has 0 amide bonds. The van der Waals surface area contributed by atoms with Crippen LogP contribution in [-0.2, 0) is 21.4 Å². The maximum atomic E-state index is 14.2. The lowest BCUT2D eigenvalue weighted by Gasteiger charge is -2.21. The molecule has 0 spiro atoms. The third kappa shape index (κ3) is 4.18. The quantitative estimate of drug-likeness (QED) is 0.0863. The van der Waals surface area contributed by atoms with Crippen LogP contribution in [-0.4, -0.2) is 22.9 Å². The normalized spacial score (nSPS) is 15.6. The van der Waals surface area contributed by atoms with Gasteiger partial charge in [0.1, 0.15) is 17.0 Å². The number of pyridine rings is 1. The number of benzene rings is 2. The van der Waals surface area contributed by atoms with Gasteiger partial charge in [-0.2, -0.15) is 0 Å². The minimum absolute atomic E-state index is 0.106. The number of rotatable bonds is 6. The Morgan fingerprint density at radius 2 is 1.52 bits per heavy atom. The molecule has 2 aromatic carbocycles. The molecule has 0 saturated heterocycles. The Balaban J connectivity index is 1.54. The standard InChI is InChI=1S/C28H25F5N3O2S2/c1-12-17(11-39-40-24-22(32)20(30)19(29)21(31)23(24)33)36(8-7-18(12)38-6)26-34-15-9-13-14(10-16(15)35-26)28(4,5)25(37)27(13,2)3/h7-10H,11H2,1-6H3,(H,34,35)/q+1. The number of imidazole rings is 1. The average molecular weight is 595 g/mol. The molecule has 4 aromatic rings. The molecule has 0 bridgehead atoms. The second kappa shape index (κ2) is 9.76. The highest BCUT2D eigenvalue weighted by Gasteiger charge is 2.51. The molecule has 2 heterocycles. The van der Waals surface area contributed by atoms with Crippen molar-refractivity contribution in [3.63, 3.8) is 0 Å². The Morgan fingerprint density at radius 3 is 2.12 bits per heavy atom. The zero-order chi connectivity index (χ0) is 29.3. The summed E-state index contributed by atoms with van der Waals surface area (Å²) in [7, 11) is 2.86. The summed E-state index contributed by atoms with van der Waals surface area (Å²) in [5, 5.41) is 0. The highest BCUT2D eigenvalue weighted by Crippen LogP contribution is 2.47. The van der Waals surface area contributed by atoms with Crippen LogP contribution < -0.4 is 9.30 Å². The first kappa shape index (κ1) is 28.4. The summed E-state index contributed by atoms with van der Waals surface area (Å²) in [6.07, 6.45) is 1.72. The molecule has 12 heteroatoms. The number of H-pyrrole nitrogens is 1. The summed E-state index contributed by atoms with van der Waals surface area (Å²) in [4.78, 5) is 20.2. The SMILES string of the molecule is COc1cc[n+](-c2nc3cc4c(cc3[nH]2)C(C)(C)C(=O)C4(C)C)c(CSSc2c(F)c(F)c(F)c(F)c2F)c1C. The Bertz CT molecular complexity index is 1630. The topological polar surface area (TPSA) is 58.9 Å². The number of halogens is 5. The zero-order valence-corrected chi connectivity index (χ0v) is 24.1. The van der Waals surface area contributed by atoms with Crippen molar-refractivity contribution in [2.24, 2.45) is 0 Å². The minimum atomic E-state index is -2.20. The fourth-order valence-electron chi connectivity index (χ4n) is 5.30. The molecule has 0 aliphatic heterocycles. The van der Waals surface area contributed by atoms with E-state index in [0.29, 0.717) is 39.3 Å². The fourth-order valence-corrected chi connectivity index (χ4v) is 7.57. The first-order valence-corrected chi connectivity index (χ1v) is 14.5. The summed E-state index contributed by atoms with van der Waals surface area (Å²) in [5.41, 5.74) is 3.22. The molecule has 1 aliphatic carbocycles. The predicted octanol–water partition coefficient (Wildman–Crippen LogP) is 6.93. The molecule has 0 saturated carbocycles. The predicted molar refractivity (Wildman–Crippen MR) is 143 cm³/mol. The first-order valence-electron chi connectivity index (χ1n) is 12.2. The number of aromatic amines is 1. The number of ketones is 1. The van der Waals surface area contributed by atoms with Gasteiger partial charge in [0.25, 0.3) is 0 Å². The highest BCUT2D eigenvalue weighted by atomic mass is 33.1. The van der Waals surface area contributed by atoms with Gasteiger partial charge < -0.3 is 4.74 Å². The van der Waals surface area contributed by atoms with E-state index < -0.39 is 44.8 Å². The lowest BCUT2D eigenvalue weighted by Crippen LogP contribution is -2.37. The molecule has 2 aromatic heterocycles. The second-order valence-corrected chi connectivity index (χ2v) is 12.9. The number of methoxy groups -OCH3 is 1. The summed E-state index contributed by atoms with van der Waals surface area (Å²) in [5.74, 6) is -8.69. The molecule has 0 fully saturated rings. The summed E-state index contributed by atoms with van der Waals surface area (Å²) < 4.78 is 76.4. The molecule has 5 rings (SSSR count). The third-order valence-electron chi connectivity index (χ3n) is 7.51. The monoisotopic (exact) mass is 594 g/mol. The van der Waals surface area contributed by atoms with E-state index in [4.69, 9.17) is 9.72 Å².